The molecule has 0 amide bonds. The van der Waals surface area contributed by atoms with E-state index in [2.05, 4.69) is 65.9 Å². The highest BCUT2D eigenvalue weighted by molar-refractivity contribution is 5.43. The van der Waals surface area contributed by atoms with Crippen molar-refractivity contribution in [3.8, 4) is 5.75 Å². The first-order valence-electron chi connectivity index (χ1n) is 7.56. The average Bonchev–Trinajstić information content (AvgIpc) is 2.36. The lowest BCUT2D eigenvalue weighted by Crippen LogP contribution is -2.39. The van der Waals surface area contributed by atoms with Crippen molar-refractivity contribution in [1.82, 2.24) is 5.32 Å². The van der Waals surface area contributed by atoms with E-state index in [1.807, 2.05) is 0 Å². The summed E-state index contributed by atoms with van der Waals surface area (Å²) in [5.41, 5.74) is 4.16. The fourth-order valence-electron chi connectivity index (χ4n) is 2.47. The highest BCUT2D eigenvalue weighted by Crippen LogP contribution is 2.31. The molecule has 1 N–H and O–H groups in total. The molecule has 0 aliphatic heterocycles. The molecule has 1 rings (SSSR count). The number of rotatable bonds is 5. The van der Waals surface area contributed by atoms with Crippen LogP contribution in [-0.2, 0) is 0 Å². The molecule has 1 aromatic carbocycles. The third-order valence-electron chi connectivity index (χ3n) is 4.08. The number of hydrogen-bond donors (Lipinski definition) is 1. The Hall–Kier alpha value is -1.02. The van der Waals surface area contributed by atoms with Crippen molar-refractivity contribution in [3.05, 3.63) is 28.8 Å². The standard InChI is InChI=1S/C18H31NO/c1-12-10-17(20-8)13(2)9-16(12)15(4)14(3)11-19-18(5,6)7/h9-10,14-15,19H,11H2,1-8H3. The number of ether oxygens (including phenoxy) is 1. The molecule has 0 saturated carbocycles. The van der Waals surface area contributed by atoms with Crippen molar-refractivity contribution < 1.29 is 4.74 Å². The summed E-state index contributed by atoms with van der Waals surface area (Å²) >= 11 is 0. The number of hydrogen-bond acceptors (Lipinski definition) is 2. The molecule has 0 fully saturated rings. The van der Waals surface area contributed by atoms with Crippen LogP contribution in [0.1, 0.15) is 57.2 Å². The molecular formula is C18H31NO. The molecule has 2 heteroatoms. The largest absolute Gasteiger partial charge is 0.496 e. The molecular weight excluding hydrogens is 246 g/mol. The van der Waals surface area contributed by atoms with E-state index in [-0.39, 0.29) is 5.54 Å². The summed E-state index contributed by atoms with van der Waals surface area (Å²) in [6.45, 7) is 16.6. The Kier molecular flexibility index (Phi) is 5.64. The van der Waals surface area contributed by atoms with Crippen molar-refractivity contribution in [2.45, 2.75) is 59.9 Å². The van der Waals surface area contributed by atoms with Gasteiger partial charge in [0.05, 0.1) is 7.11 Å². The van der Waals surface area contributed by atoms with Gasteiger partial charge in [-0.15, -0.1) is 0 Å². The maximum absolute atomic E-state index is 5.40. The molecule has 0 radical (unpaired) electrons. The average molecular weight is 277 g/mol. The van der Waals surface area contributed by atoms with Gasteiger partial charge < -0.3 is 10.1 Å². The Bertz CT molecular complexity index is 445. The molecule has 0 aliphatic rings. The molecule has 114 valence electrons. The minimum Gasteiger partial charge on any atom is -0.496 e. The van der Waals surface area contributed by atoms with Crippen molar-refractivity contribution in [2.24, 2.45) is 5.92 Å². The summed E-state index contributed by atoms with van der Waals surface area (Å²) in [5, 5.41) is 3.60. The van der Waals surface area contributed by atoms with Gasteiger partial charge in [-0.05, 0) is 75.8 Å². The maximum Gasteiger partial charge on any atom is 0.122 e. The third-order valence-corrected chi connectivity index (χ3v) is 4.08. The first-order valence-corrected chi connectivity index (χ1v) is 7.56. The van der Waals surface area contributed by atoms with Crippen LogP contribution >= 0.6 is 0 Å². The first kappa shape index (κ1) is 17.0. The van der Waals surface area contributed by atoms with E-state index in [9.17, 15) is 0 Å². The molecule has 0 aliphatic carbocycles. The zero-order chi connectivity index (χ0) is 15.5. The SMILES string of the molecule is COc1cc(C)c(C(C)C(C)CNC(C)(C)C)cc1C. The summed E-state index contributed by atoms with van der Waals surface area (Å²) in [6, 6.07) is 4.44. The van der Waals surface area contributed by atoms with Crippen LogP contribution in [0, 0.1) is 19.8 Å². The number of methoxy groups -OCH3 is 1. The minimum atomic E-state index is 0.179. The fraction of sp³-hybridized carbons (Fsp3) is 0.667. The van der Waals surface area contributed by atoms with Crippen LogP contribution in [-0.4, -0.2) is 19.2 Å². The molecule has 2 atom stereocenters. The van der Waals surface area contributed by atoms with Gasteiger partial charge >= 0.3 is 0 Å². The quantitative estimate of drug-likeness (QED) is 0.859. The van der Waals surface area contributed by atoms with Gasteiger partial charge in [-0.1, -0.05) is 19.9 Å². The summed E-state index contributed by atoms with van der Waals surface area (Å²) in [6.07, 6.45) is 0. The van der Waals surface area contributed by atoms with E-state index in [0.717, 1.165) is 12.3 Å². The van der Waals surface area contributed by atoms with Gasteiger partial charge in [-0.2, -0.15) is 0 Å². The van der Waals surface area contributed by atoms with Crippen LogP contribution in [0.15, 0.2) is 12.1 Å². The Balaban J connectivity index is 2.86. The number of nitrogens with one attached hydrogen (secondary N) is 1. The number of aryl methyl sites for hydroxylation is 2. The van der Waals surface area contributed by atoms with E-state index < -0.39 is 0 Å². The van der Waals surface area contributed by atoms with Gasteiger partial charge in [-0.3, -0.25) is 0 Å². The second-order valence-corrected chi connectivity index (χ2v) is 7.08. The van der Waals surface area contributed by atoms with Crippen LogP contribution in [0.25, 0.3) is 0 Å². The highest BCUT2D eigenvalue weighted by atomic mass is 16.5. The van der Waals surface area contributed by atoms with Gasteiger partial charge in [-0.25, -0.2) is 0 Å². The van der Waals surface area contributed by atoms with Crippen molar-refractivity contribution >= 4 is 0 Å². The Labute approximate surface area is 124 Å². The van der Waals surface area contributed by atoms with Gasteiger partial charge in [0.15, 0.2) is 0 Å². The molecule has 0 spiro atoms. The van der Waals surface area contributed by atoms with Crippen LogP contribution in [0.3, 0.4) is 0 Å². The maximum atomic E-state index is 5.40. The predicted octanol–water partition coefficient (Wildman–Crippen LogP) is 4.44. The Morgan fingerprint density at radius 1 is 1.10 bits per heavy atom. The van der Waals surface area contributed by atoms with Gasteiger partial charge in [0.1, 0.15) is 5.75 Å². The van der Waals surface area contributed by atoms with E-state index in [4.69, 9.17) is 4.74 Å². The minimum absolute atomic E-state index is 0.179. The van der Waals surface area contributed by atoms with Crippen LogP contribution in [0.2, 0.25) is 0 Å². The topological polar surface area (TPSA) is 21.3 Å². The second kappa shape index (κ2) is 6.62. The van der Waals surface area contributed by atoms with Crippen LogP contribution in [0.5, 0.6) is 5.75 Å². The lowest BCUT2D eigenvalue weighted by Gasteiger charge is -2.28. The molecule has 1 aromatic rings. The smallest absolute Gasteiger partial charge is 0.122 e. The van der Waals surface area contributed by atoms with Crippen molar-refractivity contribution in [3.63, 3.8) is 0 Å². The zero-order valence-electron chi connectivity index (χ0n) is 14.4. The second-order valence-electron chi connectivity index (χ2n) is 7.08. The predicted molar refractivity (Wildman–Crippen MR) is 87.8 cm³/mol. The van der Waals surface area contributed by atoms with Crippen molar-refractivity contribution in [2.75, 3.05) is 13.7 Å². The fourth-order valence-corrected chi connectivity index (χ4v) is 2.47. The van der Waals surface area contributed by atoms with Crippen LogP contribution in [0.4, 0.5) is 0 Å². The van der Waals surface area contributed by atoms with Crippen molar-refractivity contribution in [1.29, 1.82) is 0 Å². The van der Waals surface area contributed by atoms with Gasteiger partial charge in [0.25, 0.3) is 0 Å². The van der Waals surface area contributed by atoms with Gasteiger partial charge in [0.2, 0.25) is 0 Å². The normalized spacial score (nSPS) is 15.0. The highest BCUT2D eigenvalue weighted by Gasteiger charge is 2.19. The summed E-state index contributed by atoms with van der Waals surface area (Å²) in [4.78, 5) is 0. The zero-order valence-corrected chi connectivity index (χ0v) is 14.4. The molecule has 2 nitrogen and oxygen atoms in total. The monoisotopic (exact) mass is 277 g/mol. The molecule has 0 heterocycles. The molecule has 0 saturated heterocycles. The molecule has 2 unspecified atom stereocenters. The molecule has 0 aromatic heterocycles. The van der Waals surface area contributed by atoms with Crippen LogP contribution < -0.4 is 10.1 Å². The summed E-state index contributed by atoms with van der Waals surface area (Å²) in [7, 11) is 1.74. The van der Waals surface area contributed by atoms with Gasteiger partial charge in [0, 0.05) is 5.54 Å². The summed E-state index contributed by atoms with van der Waals surface area (Å²) < 4.78 is 5.40. The summed E-state index contributed by atoms with van der Waals surface area (Å²) in [5.74, 6) is 2.12. The molecule has 20 heavy (non-hydrogen) atoms. The number of benzene rings is 1. The van der Waals surface area contributed by atoms with E-state index in [1.54, 1.807) is 7.11 Å². The van der Waals surface area contributed by atoms with E-state index in [1.165, 1.54) is 16.7 Å². The Morgan fingerprint density at radius 2 is 1.70 bits per heavy atom. The Morgan fingerprint density at radius 3 is 2.20 bits per heavy atom. The third kappa shape index (κ3) is 4.52. The van der Waals surface area contributed by atoms with E-state index in [0.29, 0.717) is 11.8 Å². The van der Waals surface area contributed by atoms with E-state index >= 15 is 0 Å². The molecule has 0 bridgehead atoms. The lowest BCUT2D eigenvalue weighted by atomic mass is 9.85. The first-order chi connectivity index (χ1) is 9.15. The lowest BCUT2D eigenvalue weighted by molar-refractivity contribution is 0.358.